The van der Waals surface area contributed by atoms with Crippen LogP contribution in [0.3, 0.4) is 0 Å². The fourth-order valence-electron chi connectivity index (χ4n) is 5.80. The minimum atomic E-state index is -1.01. The van der Waals surface area contributed by atoms with Gasteiger partial charge in [-0.15, -0.1) is 0 Å². The molecule has 6 unspecified atom stereocenters. The molecule has 2 bridgehead atoms. The van der Waals surface area contributed by atoms with Gasteiger partial charge in [0.1, 0.15) is 11.8 Å². The van der Waals surface area contributed by atoms with Gasteiger partial charge in [0.2, 0.25) is 11.6 Å². The number of nitrogens with one attached hydrogen (secondary N) is 1. The van der Waals surface area contributed by atoms with Crippen LogP contribution in [0.4, 0.5) is 4.79 Å². The first-order valence-electron chi connectivity index (χ1n) is 15.8. The Morgan fingerprint density at radius 3 is 2.40 bits per heavy atom. The number of rotatable bonds is 6. The number of carbonyl (C=O) groups excluding carboxylic acids is 4. The van der Waals surface area contributed by atoms with Crippen LogP contribution in [0, 0.1) is 11.8 Å². The van der Waals surface area contributed by atoms with Crippen molar-refractivity contribution >= 4 is 29.8 Å². The predicted octanol–water partition coefficient (Wildman–Crippen LogP) is 2.10. The zero-order valence-electron chi connectivity index (χ0n) is 28.7. The molecular weight excluding hydrogens is 624 g/mol. The van der Waals surface area contributed by atoms with Gasteiger partial charge in [0.05, 0.1) is 57.4 Å². The number of nitrogens with zero attached hydrogens (tertiary/aromatic N) is 2. The summed E-state index contributed by atoms with van der Waals surface area (Å²) in [5.41, 5.74) is 5.91. The maximum atomic E-state index is 14.1. The molecule has 0 saturated carbocycles. The second-order valence-electron chi connectivity index (χ2n) is 12.1. The van der Waals surface area contributed by atoms with Crippen molar-refractivity contribution in [1.82, 2.24) is 10.3 Å². The van der Waals surface area contributed by atoms with E-state index in [1.807, 2.05) is 6.92 Å². The Bertz CT molecular complexity index is 1410. The molecule has 0 radical (unpaired) electrons. The van der Waals surface area contributed by atoms with Crippen molar-refractivity contribution in [2.24, 2.45) is 22.7 Å². The number of hydrogen-bond acceptors (Lipinski definition) is 12. The average molecular weight is 673 g/mol. The molecule has 0 aromatic carbocycles. The maximum Gasteiger partial charge on any atom is 0.405 e. The van der Waals surface area contributed by atoms with Gasteiger partial charge in [-0.2, -0.15) is 5.10 Å². The highest BCUT2D eigenvalue weighted by Gasteiger charge is 2.38. The molecule has 264 valence electrons. The van der Waals surface area contributed by atoms with Gasteiger partial charge in [0.25, 0.3) is 5.91 Å². The third kappa shape index (κ3) is 9.72. The summed E-state index contributed by atoms with van der Waals surface area (Å²) in [6, 6.07) is 0. The van der Waals surface area contributed by atoms with Crippen LogP contribution in [0.2, 0.25) is 0 Å². The number of Topliss-reactive ketones (excluding diaryl/α,β-unsaturated/α-hetero) is 2. The number of allylic oxidation sites excluding steroid dienone is 4. The van der Waals surface area contributed by atoms with Gasteiger partial charge in [-0.3, -0.25) is 19.4 Å². The van der Waals surface area contributed by atoms with Crippen LogP contribution in [0.25, 0.3) is 0 Å². The highest BCUT2D eigenvalue weighted by atomic mass is 16.6. The van der Waals surface area contributed by atoms with Gasteiger partial charge in [-0.05, 0) is 38.2 Å². The van der Waals surface area contributed by atoms with Crippen LogP contribution < -0.4 is 11.1 Å². The lowest BCUT2D eigenvalue weighted by molar-refractivity contribution is -0.121. The first kappa shape index (κ1) is 38.3. The molecule has 2 amide bonds. The van der Waals surface area contributed by atoms with Crippen LogP contribution in [0.5, 0.6) is 0 Å². The Hall–Kier alpha value is -4.11. The Balaban J connectivity index is 2.15. The Labute approximate surface area is 281 Å². The number of ketones is 2. The van der Waals surface area contributed by atoms with Crippen LogP contribution in [-0.2, 0) is 38.1 Å². The van der Waals surface area contributed by atoms with E-state index in [9.17, 15) is 24.3 Å². The minimum absolute atomic E-state index is 0.0933. The fraction of sp³-hybridized carbons (Fsp3) is 0.559. The lowest BCUT2D eigenvalue weighted by Gasteiger charge is -2.30. The highest BCUT2D eigenvalue weighted by molar-refractivity contribution is 6.32. The van der Waals surface area contributed by atoms with Crippen molar-refractivity contribution in [2.45, 2.75) is 65.0 Å². The van der Waals surface area contributed by atoms with E-state index in [0.717, 1.165) is 0 Å². The number of hydrazone groups is 1. The van der Waals surface area contributed by atoms with Crippen LogP contribution >= 0.6 is 0 Å². The third-order valence-electron chi connectivity index (χ3n) is 8.48. The lowest BCUT2D eigenvalue weighted by Crippen LogP contribution is -2.38. The first-order chi connectivity index (χ1) is 22.8. The van der Waals surface area contributed by atoms with E-state index in [1.165, 1.54) is 40.5 Å². The van der Waals surface area contributed by atoms with Crippen molar-refractivity contribution in [3.63, 3.8) is 0 Å². The van der Waals surface area contributed by atoms with E-state index in [-0.39, 0.29) is 40.5 Å². The largest absolute Gasteiger partial charge is 0.492 e. The van der Waals surface area contributed by atoms with E-state index >= 15 is 0 Å². The third-order valence-corrected chi connectivity index (χ3v) is 8.48. The zero-order valence-corrected chi connectivity index (χ0v) is 28.7. The van der Waals surface area contributed by atoms with Gasteiger partial charge < -0.3 is 39.8 Å². The summed E-state index contributed by atoms with van der Waals surface area (Å²) in [5, 5.41) is 20.1. The monoisotopic (exact) mass is 672 g/mol. The van der Waals surface area contributed by atoms with E-state index < -0.39 is 53.9 Å². The Morgan fingerprint density at radius 1 is 1.10 bits per heavy atom. The number of aliphatic hydroxyl groups excluding tert-OH is 1. The minimum Gasteiger partial charge on any atom is -0.492 e. The molecule has 1 saturated heterocycles. The number of amides is 2. The van der Waals surface area contributed by atoms with Gasteiger partial charge in [-0.1, -0.05) is 38.2 Å². The van der Waals surface area contributed by atoms with Gasteiger partial charge in [-0.25, -0.2) is 4.79 Å². The zero-order chi connectivity index (χ0) is 35.5. The number of carbonyl (C=O) groups is 4. The number of ether oxygens (including phenoxy) is 5. The summed E-state index contributed by atoms with van der Waals surface area (Å²) in [6.07, 6.45) is 3.60. The number of methoxy groups -OCH3 is 3. The molecule has 0 spiro atoms. The molecular formula is C34H48N4O10. The summed E-state index contributed by atoms with van der Waals surface area (Å²) in [4.78, 5) is 53.2. The second-order valence-corrected chi connectivity index (χ2v) is 12.1. The molecule has 14 heteroatoms. The summed E-state index contributed by atoms with van der Waals surface area (Å²) in [5.74, 6) is -2.70. The molecule has 0 aromatic heterocycles. The van der Waals surface area contributed by atoms with Crippen LogP contribution in [0.1, 0.15) is 40.5 Å². The molecule has 6 atom stereocenters. The molecule has 48 heavy (non-hydrogen) atoms. The lowest BCUT2D eigenvalue weighted by atomic mass is 9.84. The van der Waals surface area contributed by atoms with Crippen molar-refractivity contribution in [3.8, 4) is 0 Å². The second kappa shape index (κ2) is 17.9. The highest BCUT2D eigenvalue weighted by Crippen LogP contribution is 2.31. The van der Waals surface area contributed by atoms with Crippen molar-refractivity contribution in [1.29, 1.82) is 0 Å². The number of primary amides is 1. The maximum absolute atomic E-state index is 14.1. The standard InChI is InChI=1S/C34H48N4O10/c1-19-15-23-29(40)27(24(30(41)32(23)46-7)18-36-38-11-13-47-14-12-38)37-33(42)20(2)9-8-10-25(44-5)31(48-34(35)43)22(4)17-21(3)28(39)26(16-19)45-6/h8-10,17-19,21,25-26,28,31,39H,11-16H2,1-7H3,(H2,35,43)(H,37,42)/b10-8?,20-9?,22-17?,36-18+. The number of hydrogen-bond donors (Lipinski definition) is 3. The number of aliphatic hydroxyl groups is 1. The number of nitrogens with two attached hydrogens (primary N) is 1. The molecule has 0 aromatic rings. The molecule has 3 rings (SSSR count). The molecule has 1 aliphatic carbocycles. The van der Waals surface area contributed by atoms with Crippen LogP contribution in [0.15, 0.2) is 63.2 Å². The molecule has 2 heterocycles. The molecule has 2 aliphatic heterocycles. The van der Waals surface area contributed by atoms with Gasteiger partial charge in [0, 0.05) is 31.3 Å². The van der Waals surface area contributed by atoms with E-state index in [0.29, 0.717) is 38.3 Å². The summed E-state index contributed by atoms with van der Waals surface area (Å²) < 4.78 is 27.5. The molecule has 1 fully saturated rings. The quantitative estimate of drug-likeness (QED) is 0.213. The van der Waals surface area contributed by atoms with E-state index in [4.69, 9.17) is 29.4 Å². The van der Waals surface area contributed by atoms with E-state index in [1.54, 1.807) is 37.1 Å². The SMILES string of the molecule is COC1=C2CC(C)CC(OC)C(O)C(C)C=C(C)C(OC(N)=O)C(OC)C=CC=C(C)C(=O)NC(=C(/C=N/N3CCOCC3)C1=O)C2=O. The van der Waals surface area contributed by atoms with Crippen molar-refractivity contribution in [3.05, 3.63) is 58.1 Å². The molecule has 14 nitrogen and oxygen atoms in total. The summed E-state index contributed by atoms with van der Waals surface area (Å²) in [7, 11) is 4.22. The first-order valence-corrected chi connectivity index (χ1v) is 15.8. The smallest absolute Gasteiger partial charge is 0.405 e. The van der Waals surface area contributed by atoms with E-state index in [2.05, 4.69) is 10.4 Å². The number of fused-ring (bicyclic) bond motifs is 2. The Kier molecular flexibility index (Phi) is 14.3. The normalized spacial score (nSPS) is 28.8. The Morgan fingerprint density at radius 2 is 1.79 bits per heavy atom. The van der Waals surface area contributed by atoms with Crippen LogP contribution in [-0.4, -0.2) is 112 Å². The van der Waals surface area contributed by atoms with Gasteiger partial charge in [0.15, 0.2) is 11.9 Å². The van der Waals surface area contributed by atoms with Crippen molar-refractivity contribution < 1.29 is 48.0 Å². The molecule has 3 aliphatic rings. The summed E-state index contributed by atoms with van der Waals surface area (Å²) in [6.45, 7) is 8.82. The fourth-order valence-corrected chi connectivity index (χ4v) is 5.80. The predicted molar refractivity (Wildman–Crippen MR) is 176 cm³/mol. The summed E-state index contributed by atoms with van der Waals surface area (Å²) >= 11 is 0. The van der Waals surface area contributed by atoms with Crippen molar-refractivity contribution in [2.75, 3.05) is 47.6 Å². The molecule has 4 N–H and O–H groups in total. The van der Waals surface area contributed by atoms with Gasteiger partial charge >= 0.3 is 6.09 Å². The average Bonchev–Trinajstić information content (AvgIpc) is 3.06. The number of morpholine rings is 1. The topological polar surface area (TPSA) is 188 Å².